The van der Waals surface area contributed by atoms with Gasteiger partial charge in [-0.1, -0.05) is 26.8 Å². The highest BCUT2D eigenvalue weighted by atomic mass is 19.1. The molecular weight excluding hydrogens is 469 g/mol. The number of fused-ring (bicyclic) bond motifs is 6. The number of nitrogens with zero attached hydrogens (tertiary/aromatic N) is 1. The van der Waals surface area contributed by atoms with E-state index in [0.717, 1.165) is 38.5 Å². The Morgan fingerprint density at radius 3 is 2.73 bits per heavy atom. The molecule has 1 unspecified atom stereocenters. The maximum Gasteiger partial charge on any atom is 0.349 e. The fourth-order valence-electron chi connectivity index (χ4n) is 9.94. The summed E-state index contributed by atoms with van der Waals surface area (Å²) in [7, 11) is 0. The lowest BCUT2D eigenvalue weighted by Gasteiger charge is -2.62. The van der Waals surface area contributed by atoms with E-state index in [-0.39, 0.29) is 28.4 Å². The zero-order valence-electron chi connectivity index (χ0n) is 22.5. The fourth-order valence-corrected chi connectivity index (χ4v) is 9.94. The number of aliphatic hydroxyl groups excluding tert-OH is 2. The van der Waals surface area contributed by atoms with Crippen molar-refractivity contribution in [3.8, 4) is 0 Å². The van der Waals surface area contributed by atoms with Gasteiger partial charge in [-0.2, -0.15) is 0 Å². The third-order valence-corrected chi connectivity index (χ3v) is 12.0. The largest absolute Gasteiger partial charge is 0.408 e. The van der Waals surface area contributed by atoms with Crippen LogP contribution in [0.3, 0.4) is 0 Å². The summed E-state index contributed by atoms with van der Waals surface area (Å²) in [6.07, 6.45) is 9.45. The van der Waals surface area contributed by atoms with Gasteiger partial charge in [0.25, 0.3) is 0 Å². The van der Waals surface area contributed by atoms with Gasteiger partial charge in [-0.05, 0) is 116 Å². The van der Waals surface area contributed by atoms with Crippen molar-refractivity contribution in [2.75, 3.05) is 0 Å². The van der Waals surface area contributed by atoms with Crippen LogP contribution in [0, 0.1) is 52.2 Å². The van der Waals surface area contributed by atoms with Crippen molar-refractivity contribution in [2.45, 2.75) is 97.2 Å². The van der Waals surface area contributed by atoms with Crippen LogP contribution in [0.1, 0.15) is 84.4 Å². The number of aromatic nitrogens is 1. The first-order valence-electron chi connectivity index (χ1n) is 14.6. The van der Waals surface area contributed by atoms with Crippen molar-refractivity contribution in [3.05, 3.63) is 40.3 Å². The molecule has 10 atom stereocenters. The molecule has 4 saturated carbocycles. The summed E-state index contributed by atoms with van der Waals surface area (Å²) in [5, 5.41) is 22.0. The van der Waals surface area contributed by atoms with Crippen LogP contribution in [0.4, 0.5) is 4.39 Å². The van der Waals surface area contributed by atoms with E-state index in [1.54, 1.807) is 12.1 Å². The molecule has 0 aliphatic heterocycles. The second kappa shape index (κ2) is 9.15. The summed E-state index contributed by atoms with van der Waals surface area (Å²) in [6.45, 7) is 7.08. The first-order chi connectivity index (χ1) is 17.6. The lowest BCUT2D eigenvalue weighted by atomic mass is 9.43. The van der Waals surface area contributed by atoms with Crippen molar-refractivity contribution in [1.29, 1.82) is 0 Å². The van der Waals surface area contributed by atoms with Crippen LogP contribution in [0.25, 0.3) is 10.9 Å². The van der Waals surface area contributed by atoms with Crippen molar-refractivity contribution < 1.29 is 19.0 Å². The lowest BCUT2D eigenvalue weighted by molar-refractivity contribution is -0.174. The van der Waals surface area contributed by atoms with Gasteiger partial charge >= 0.3 is 5.63 Å². The number of benzene rings is 1. The maximum absolute atomic E-state index is 14.1. The number of hydrogen-bond donors (Lipinski definition) is 2. The zero-order valence-corrected chi connectivity index (χ0v) is 22.5. The Kier molecular flexibility index (Phi) is 6.30. The van der Waals surface area contributed by atoms with Gasteiger partial charge in [0.05, 0.1) is 17.7 Å². The molecule has 37 heavy (non-hydrogen) atoms. The summed E-state index contributed by atoms with van der Waals surface area (Å²) in [5.74, 6) is 2.88. The van der Waals surface area contributed by atoms with Crippen molar-refractivity contribution in [1.82, 2.24) is 4.98 Å². The second-order valence-electron chi connectivity index (χ2n) is 13.4. The van der Waals surface area contributed by atoms with E-state index in [9.17, 15) is 19.4 Å². The third kappa shape index (κ3) is 3.92. The van der Waals surface area contributed by atoms with E-state index in [1.165, 1.54) is 25.3 Å². The summed E-state index contributed by atoms with van der Waals surface area (Å²) >= 11 is 0. The Hall–Kier alpha value is -1.79. The van der Waals surface area contributed by atoms with Crippen LogP contribution in [0.2, 0.25) is 0 Å². The average Bonchev–Trinajstić information content (AvgIpc) is 3.22. The number of rotatable bonds is 4. The normalized spacial score (nSPS) is 42.2. The molecule has 4 aliphatic rings. The van der Waals surface area contributed by atoms with Crippen molar-refractivity contribution >= 4 is 10.9 Å². The van der Waals surface area contributed by atoms with E-state index in [1.807, 2.05) is 0 Å². The maximum atomic E-state index is 14.1. The molecule has 2 aromatic rings. The Balaban J connectivity index is 1.19. The van der Waals surface area contributed by atoms with Crippen molar-refractivity contribution in [2.24, 2.45) is 46.3 Å². The topological polar surface area (TPSA) is 83.6 Å². The van der Waals surface area contributed by atoms with Crippen LogP contribution in [-0.2, 0) is 6.42 Å². The summed E-state index contributed by atoms with van der Waals surface area (Å²) < 4.78 is 19.5. The lowest BCUT2D eigenvalue weighted by Crippen LogP contribution is -2.58. The molecule has 0 saturated heterocycles. The van der Waals surface area contributed by atoms with Crippen LogP contribution in [0.5, 0.6) is 0 Å². The molecule has 1 aromatic heterocycles. The zero-order chi connectivity index (χ0) is 26.1. The van der Waals surface area contributed by atoms with Crippen molar-refractivity contribution in [3.63, 3.8) is 0 Å². The molecule has 1 aromatic carbocycles. The predicted molar refractivity (Wildman–Crippen MR) is 140 cm³/mol. The van der Waals surface area contributed by atoms with Gasteiger partial charge in [0.2, 0.25) is 0 Å². The third-order valence-electron chi connectivity index (χ3n) is 12.0. The first kappa shape index (κ1) is 25.5. The summed E-state index contributed by atoms with van der Waals surface area (Å²) in [6, 6.07) is 4.48. The molecule has 0 amide bonds. The minimum absolute atomic E-state index is 0.0822. The fraction of sp³-hybridized carbons (Fsp3) is 0.742. The molecule has 0 bridgehead atoms. The van der Waals surface area contributed by atoms with Crippen LogP contribution in [-0.4, -0.2) is 27.4 Å². The first-order valence-corrected chi connectivity index (χ1v) is 14.6. The van der Waals surface area contributed by atoms with Crippen LogP contribution < -0.4 is 5.63 Å². The predicted octanol–water partition coefficient (Wildman–Crippen LogP) is 5.89. The molecule has 202 valence electrons. The Bertz CT molecular complexity index is 1230. The molecule has 4 aliphatic carbocycles. The van der Waals surface area contributed by atoms with Gasteiger partial charge in [-0.15, -0.1) is 0 Å². The highest BCUT2D eigenvalue weighted by Crippen LogP contribution is 2.68. The molecule has 6 rings (SSSR count). The van der Waals surface area contributed by atoms with Gasteiger partial charge in [-0.3, -0.25) is 0 Å². The average molecular weight is 512 g/mol. The number of hydrogen-bond acceptors (Lipinski definition) is 5. The molecule has 5 nitrogen and oxygen atoms in total. The van der Waals surface area contributed by atoms with Gasteiger partial charge in [0, 0.05) is 6.42 Å². The molecule has 0 radical (unpaired) electrons. The Labute approximate surface area is 218 Å². The molecule has 4 fully saturated rings. The highest BCUT2D eigenvalue weighted by molar-refractivity contribution is 5.77. The van der Waals surface area contributed by atoms with Gasteiger partial charge in [0.1, 0.15) is 11.2 Å². The molecule has 0 spiro atoms. The minimum atomic E-state index is -0.660. The Morgan fingerprint density at radius 2 is 1.92 bits per heavy atom. The number of aliphatic hydroxyl groups is 2. The van der Waals surface area contributed by atoms with E-state index >= 15 is 0 Å². The molecule has 2 N–H and O–H groups in total. The molecule has 6 heteroatoms. The van der Waals surface area contributed by atoms with Gasteiger partial charge in [-0.25, -0.2) is 14.2 Å². The van der Waals surface area contributed by atoms with E-state index in [2.05, 4.69) is 25.8 Å². The second-order valence-corrected chi connectivity index (χ2v) is 13.4. The highest BCUT2D eigenvalue weighted by Gasteiger charge is 2.63. The summed E-state index contributed by atoms with van der Waals surface area (Å²) in [5.41, 5.74) is -0.169. The van der Waals surface area contributed by atoms with Gasteiger partial charge in [0.15, 0.2) is 5.89 Å². The van der Waals surface area contributed by atoms with E-state index in [4.69, 9.17) is 4.42 Å². The summed E-state index contributed by atoms with van der Waals surface area (Å²) in [4.78, 5) is 16.8. The standard InChI is InChI=1S/C31H42FNO4/c1-17(7-12-27-33-25-6-4-5-24(32)28(25)29(36)37-27)21-10-11-22-20-9-8-18-15-19(34)13-14-30(18,2)23(20)16-26(35)31(21,22)3/h4-6,17-23,26,34-35H,7-16H2,1-3H3/t17-,18-,19-,20+,21-,22+,23?,26+,30+,31-/m1/s1. The molecular formula is C31H42FNO4. The van der Waals surface area contributed by atoms with Crippen LogP contribution in [0.15, 0.2) is 27.4 Å². The number of aryl methyl sites for hydroxylation is 1. The minimum Gasteiger partial charge on any atom is -0.408 e. The number of halogens is 1. The van der Waals surface area contributed by atoms with E-state index < -0.39 is 11.4 Å². The van der Waals surface area contributed by atoms with Gasteiger partial charge < -0.3 is 14.6 Å². The molecule has 1 heterocycles. The Morgan fingerprint density at radius 1 is 1.11 bits per heavy atom. The quantitative estimate of drug-likeness (QED) is 0.535. The smallest absolute Gasteiger partial charge is 0.349 e. The van der Waals surface area contributed by atoms with E-state index in [0.29, 0.717) is 53.3 Å². The van der Waals surface area contributed by atoms with Crippen LogP contribution >= 0.6 is 0 Å². The monoisotopic (exact) mass is 511 g/mol. The SMILES string of the molecule is C[C@H](CCc1nc2cccc(F)c2c(=O)o1)[C@H]1CC[C@H]2[C@@H]3CC[C@@H]4C[C@H](O)CC[C@]4(C)C3C[C@H](O)[C@]12C.